The Kier molecular flexibility index (Phi) is 2.61. The Bertz CT molecular complexity index is 456. The lowest BCUT2D eigenvalue weighted by molar-refractivity contribution is 0.962. The highest BCUT2D eigenvalue weighted by atomic mass is 35.5. The molecule has 0 fully saturated rings. The third kappa shape index (κ3) is 1.84. The molecule has 0 saturated heterocycles. The van der Waals surface area contributed by atoms with E-state index < -0.39 is 0 Å². The Morgan fingerprint density at radius 2 is 2.00 bits per heavy atom. The second kappa shape index (κ2) is 3.90. The topological polar surface area (TPSA) is 51.8 Å². The molecule has 0 spiro atoms. The third-order valence-electron chi connectivity index (χ3n) is 1.99. The van der Waals surface area contributed by atoms with Crippen LogP contribution in [0.1, 0.15) is 5.56 Å². The van der Waals surface area contributed by atoms with Crippen LogP contribution < -0.4 is 5.73 Å². The van der Waals surface area contributed by atoms with Crippen molar-refractivity contribution < 1.29 is 0 Å². The smallest absolute Gasteiger partial charge is 0.159 e. The van der Waals surface area contributed by atoms with Gasteiger partial charge >= 0.3 is 0 Å². The number of hydrogen-bond acceptors (Lipinski definition) is 3. The maximum Gasteiger partial charge on any atom is 0.159 e. The highest BCUT2D eigenvalue weighted by molar-refractivity contribution is 6.31. The molecule has 0 amide bonds. The first-order valence-corrected chi connectivity index (χ1v) is 4.77. The molecular weight excluding hydrogens is 198 g/mol. The van der Waals surface area contributed by atoms with E-state index in [2.05, 4.69) is 9.97 Å². The lowest BCUT2D eigenvalue weighted by Gasteiger charge is -2.00. The van der Waals surface area contributed by atoms with E-state index in [0.717, 1.165) is 23.0 Å². The average Bonchev–Trinajstić information content (AvgIpc) is 2.17. The minimum absolute atomic E-state index is 0.626. The predicted molar refractivity (Wildman–Crippen MR) is 57.3 cm³/mol. The van der Waals surface area contributed by atoms with Gasteiger partial charge in [-0.25, -0.2) is 9.97 Å². The number of rotatable bonds is 2. The molecule has 0 saturated carbocycles. The fourth-order valence-electron chi connectivity index (χ4n) is 1.35. The summed E-state index contributed by atoms with van der Waals surface area (Å²) in [7, 11) is 0. The van der Waals surface area contributed by atoms with Crippen molar-refractivity contribution in [1.29, 1.82) is 0 Å². The number of hydrogen-bond donors (Lipinski definition) is 1. The van der Waals surface area contributed by atoms with E-state index in [-0.39, 0.29) is 0 Å². The molecule has 0 bridgehead atoms. The summed E-state index contributed by atoms with van der Waals surface area (Å²) in [5.41, 5.74) is 7.30. The number of halogens is 1. The summed E-state index contributed by atoms with van der Waals surface area (Å²) in [6.45, 7) is 0.626. The van der Waals surface area contributed by atoms with Gasteiger partial charge in [-0.15, -0.1) is 0 Å². The van der Waals surface area contributed by atoms with Gasteiger partial charge in [0.2, 0.25) is 0 Å². The molecule has 2 heterocycles. The van der Waals surface area contributed by atoms with E-state index in [1.807, 2.05) is 12.1 Å². The summed E-state index contributed by atoms with van der Waals surface area (Å²) >= 11 is 5.83. The summed E-state index contributed by atoms with van der Waals surface area (Å²) in [5, 5.41) is 1.59. The molecule has 0 aliphatic carbocycles. The summed E-state index contributed by atoms with van der Waals surface area (Å²) in [4.78, 5) is 8.32. The molecule has 0 aliphatic rings. The zero-order valence-electron chi connectivity index (χ0n) is 7.57. The van der Waals surface area contributed by atoms with E-state index in [1.165, 1.54) is 0 Å². The standard InChI is InChI=1S/C10H10ClN3/c11-9-4-8-3-7(1-2-12)5-13-10(8)14-6-9/h3-6H,1-2,12H2. The monoisotopic (exact) mass is 207 g/mol. The van der Waals surface area contributed by atoms with Crippen LogP contribution in [0.4, 0.5) is 0 Å². The number of nitrogens with two attached hydrogens (primary N) is 1. The van der Waals surface area contributed by atoms with E-state index >= 15 is 0 Å². The van der Waals surface area contributed by atoms with Crippen LogP contribution in [0.5, 0.6) is 0 Å². The molecule has 72 valence electrons. The summed E-state index contributed by atoms with van der Waals surface area (Å²) in [6, 6.07) is 3.88. The molecule has 4 heteroatoms. The molecule has 3 nitrogen and oxygen atoms in total. The second-order valence-corrected chi connectivity index (χ2v) is 3.52. The largest absolute Gasteiger partial charge is 0.330 e. The SMILES string of the molecule is NCCc1cnc2ncc(Cl)cc2c1. The van der Waals surface area contributed by atoms with Gasteiger partial charge in [0.25, 0.3) is 0 Å². The van der Waals surface area contributed by atoms with Crippen molar-refractivity contribution in [2.45, 2.75) is 6.42 Å². The van der Waals surface area contributed by atoms with Gasteiger partial charge in [0, 0.05) is 17.8 Å². The number of fused-ring (bicyclic) bond motifs is 1. The van der Waals surface area contributed by atoms with Gasteiger partial charge in [0.1, 0.15) is 0 Å². The quantitative estimate of drug-likeness (QED) is 0.817. The molecule has 14 heavy (non-hydrogen) atoms. The van der Waals surface area contributed by atoms with Gasteiger partial charge in [-0.2, -0.15) is 0 Å². The normalized spacial score (nSPS) is 10.7. The van der Waals surface area contributed by atoms with Crippen LogP contribution in [0.15, 0.2) is 24.5 Å². The molecule has 0 unspecified atom stereocenters. The minimum atomic E-state index is 0.626. The molecule has 2 aromatic rings. The maximum absolute atomic E-state index is 5.83. The van der Waals surface area contributed by atoms with Crippen LogP contribution in [0, 0.1) is 0 Å². The van der Waals surface area contributed by atoms with Crippen molar-refractivity contribution in [3.63, 3.8) is 0 Å². The van der Waals surface area contributed by atoms with Crippen molar-refractivity contribution in [2.75, 3.05) is 6.54 Å². The van der Waals surface area contributed by atoms with Crippen molar-refractivity contribution in [3.8, 4) is 0 Å². The summed E-state index contributed by atoms with van der Waals surface area (Å²) < 4.78 is 0. The predicted octanol–water partition coefficient (Wildman–Crippen LogP) is 1.78. The summed E-state index contributed by atoms with van der Waals surface area (Å²) in [5.74, 6) is 0. The van der Waals surface area contributed by atoms with Gasteiger partial charge in [-0.1, -0.05) is 11.6 Å². The fourth-order valence-corrected chi connectivity index (χ4v) is 1.51. The van der Waals surface area contributed by atoms with Gasteiger partial charge < -0.3 is 5.73 Å². The molecule has 2 rings (SSSR count). The maximum atomic E-state index is 5.83. The number of pyridine rings is 2. The average molecular weight is 208 g/mol. The number of aromatic nitrogens is 2. The van der Waals surface area contributed by atoms with Gasteiger partial charge in [0.15, 0.2) is 5.65 Å². The van der Waals surface area contributed by atoms with Gasteiger partial charge in [-0.05, 0) is 30.7 Å². The van der Waals surface area contributed by atoms with Crippen molar-refractivity contribution >= 4 is 22.6 Å². The van der Waals surface area contributed by atoms with Crippen LogP contribution in [-0.4, -0.2) is 16.5 Å². The van der Waals surface area contributed by atoms with Crippen molar-refractivity contribution in [1.82, 2.24) is 9.97 Å². The van der Waals surface area contributed by atoms with E-state index in [4.69, 9.17) is 17.3 Å². The van der Waals surface area contributed by atoms with Gasteiger partial charge in [0.05, 0.1) is 5.02 Å². The highest BCUT2D eigenvalue weighted by Gasteiger charge is 1.99. The molecule has 0 aromatic carbocycles. The lowest BCUT2D eigenvalue weighted by atomic mass is 10.1. The minimum Gasteiger partial charge on any atom is -0.330 e. The molecule has 0 atom stereocenters. The molecule has 0 aliphatic heterocycles. The van der Waals surface area contributed by atoms with Crippen LogP contribution in [0.3, 0.4) is 0 Å². The van der Waals surface area contributed by atoms with Crippen LogP contribution >= 0.6 is 11.6 Å². The van der Waals surface area contributed by atoms with E-state index in [1.54, 1.807) is 12.4 Å². The van der Waals surface area contributed by atoms with E-state index in [9.17, 15) is 0 Å². The first kappa shape index (κ1) is 9.37. The molecule has 2 aromatic heterocycles. The lowest BCUT2D eigenvalue weighted by Crippen LogP contribution is -2.03. The van der Waals surface area contributed by atoms with Gasteiger partial charge in [-0.3, -0.25) is 0 Å². The Labute approximate surface area is 86.9 Å². The Morgan fingerprint density at radius 1 is 1.21 bits per heavy atom. The van der Waals surface area contributed by atoms with Crippen molar-refractivity contribution in [2.24, 2.45) is 5.73 Å². The Balaban J connectivity index is 2.52. The first-order chi connectivity index (χ1) is 6.79. The third-order valence-corrected chi connectivity index (χ3v) is 2.20. The van der Waals surface area contributed by atoms with Crippen LogP contribution in [0.25, 0.3) is 11.0 Å². The Morgan fingerprint density at radius 3 is 2.79 bits per heavy atom. The summed E-state index contributed by atoms with van der Waals surface area (Å²) in [6.07, 6.45) is 4.23. The fraction of sp³-hybridized carbons (Fsp3) is 0.200. The molecule has 2 N–H and O–H groups in total. The highest BCUT2D eigenvalue weighted by Crippen LogP contribution is 2.16. The number of nitrogens with zero attached hydrogens (tertiary/aromatic N) is 2. The van der Waals surface area contributed by atoms with E-state index in [0.29, 0.717) is 11.6 Å². The molecule has 0 radical (unpaired) electrons. The van der Waals surface area contributed by atoms with Crippen molar-refractivity contribution in [3.05, 3.63) is 35.1 Å². The molecular formula is C10H10ClN3. The van der Waals surface area contributed by atoms with Crippen LogP contribution in [0.2, 0.25) is 5.02 Å². The zero-order chi connectivity index (χ0) is 9.97. The Hall–Kier alpha value is -1.19. The zero-order valence-corrected chi connectivity index (χ0v) is 8.33. The second-order valence-electron chi connectivity index (χ2n) is 3.08. The first-order valence-electron chi connectivity index (χ1n) is 4.40. The van der Waals surface area contributed by atoms with Crippen LogP contribution in [-0.2, 0) is 6.42 Å².